The molecule has 4 nitrogen and oxygen atoms in total. The molecule has 1 heterocycles. The molecule has 0 bridgehead atoms. The van der Waals surface area contributed by atoms with Crippen molar-refractivity contribution >= 4 is 16.9 Å². The van der Waals surface area contributed by atoms with Crippen LogP contribution in [0.2, 0.25) is 0 Å². The first-order valence-electron chi connectivity index (χ1n) is 8.01. The Kier molecular flexibility index (Phi) is 4.60. The van der Waals surface area contributed by atoms with Gasteiger partial charge >= 0.3 is 0 Å². The molecule has 0 saturated carbocycles. The molecular formula is C19H20FN3O. The number of fused-ring (bicyclic) bond motifs is 1. The van der Waals surface area contributed by atoms with Gasteiger partial charge in [-0.25, -0.2) is 9.37 Å². The molecule has 0 radical (unpaired) electrons. The van der Waals surface area contributed by atoms with Crippen molar-refractivity contribution < 1.29 is 9.18 Å². The van der Waals surface area contributed by atoms with Gasteiger partial charge in [-0.15, -0.1) is 0 Å². The molecule has 2 aromatic carbocycles. The van der Waals surface area contributed by atoms with Gasteiger partial charge in [0.25, 0.3) is 0 Å². The zero-order valence-corrected chi connectivity index (χ0v) is 13.8. The van der Waals surface area contributed by atoms with Crippen molar-refractivity contribution in [2.45, 2.75) is 26.9 Å². The molecular weight excluding hydrogens is 305 g/mol. The number of carbonyl (C=O) groups excluding carboxylic acids is 1. The Morgan fingerprint density at radius 3 is 2.58 bits per heavy atom. The molecule has 0 fully saturated rings. The average Bonchev–Trinajstić information content (AvgIpc) is 2.92. The lowest BCUT2D eigenvalue weighted by molar-refractivity contribution is -0.124. The fourth-order valence-corrected chi connectivity index (χ4v) is 2.58. The normalized spacial score (nSPS) is 11.2. The van der Waals surface area contributed by atoms with E-state index in [2.05, 4.69) is 14.9 Å². The van der Waals surface area contributed by atoms with Crippen molar-refractivity contribution in [3.05, 3.63) is 65.7 Å². The SMILES string of the molecule is CC(C)C(=O)NCc1nc2ccccc2n1Cc1ccc(F)cc1. The average molecular weight is 325 g/mol. The van der Waals surface area contributed by atoms with Crippen LogP contribution in [0.25, 0.3) is 11.0 Å². The van der Waals surface area contributed by atoms with E-state index in [0.29, 0.717) is 13.1 Å². The second-order valence-electron chi connectivity index (χ2n) is 6.10. The third-order valence-corrected chi connectivity index (χ3v) is 3.93. The third-order valence-electron chi connectivity index (χ3n) is 3.93. The van der Waals surface area contributed by atoms with Crippen LogP contribution < -0.4 is 5.32 Å². The van der Waals surface area contributed by atoms with Gasteiger partial charge in [0.15, 0.2) is 0 Å². The summed E-state index contributed by atoms with van der Waals surface area (Å²) in [6.45, 7) is 4.66. The molecule has 24 heavy (non-hydrogen) atoms. The first-order valence-corrected chi connectivity index (χ1v) is 8.01. The van der Waals surface area contributed by atoms with Crippen LogP contribution in [0.3, 0.4) is 0 Å². The smallest absolute Gasteiger partial charge is 0.222 e. The lowest BCUT2D eigenvalue weighted by Gasteiger charge is -2.11. The maximum Gasteiger partial charge on any atom is 0.222 e. The van der Waals surface area contributed by atoms with E-state index in [1.54, 1.807) is 12.1 Å². The number of benzene rings is 2. The number of nitrogens with one attached hydrogen (secondary N) is 1. The van der Waals surface area contributed by atoms with E-state index in [4.69, 9.17) is 0 Å². The standard InChI is InChI=1S/C19H20FN3O/c1-13(2)19(24)21-11-18-22-16-5-3-4-6-17(16)23(18)12-14-7-9-15(20)10-8-14/h3-10,13H,11-12H2,1-2H3,(H,21,24). The van der Waals surface area contributed by atoms with Crippen molar-refractivity contribution in [2.24, 2.45) is 5.92 Å². The van der Waals surface area contributed by atoms with E-state index < -0.39 is 0 Å². The molecule has 0 aliphatic rings. The van der Waals surface area contributed by atoms with Crippen molar-refractivity contribution in [2.75, 3.05) is 0 Å². The Bertz CT molecular complexity index is 853. The van der Waals surface area contributed by atoms with Gasteiger partial charge in [0.2, 0.25) is 5.91 Å². The molecule has 0 atom stereocenters. The molecule has 5 heteroatoms. The number of hydrogen-bond acceptors (Lipinski definition) is 2. The number of hydrogen-bond donors (Lipinski definition) is 1. The summed E-state index contributed by atoms with van der Waals surface area (Å²) in [5.41, 5.74) is 2.86. The highest BCUT2D eigenvalue weighted by Crippen LogP contribution is 2.18. The van der Waals surface area contributed by atoms with E-state index in [9.17, 15) is 9.18 Å². The van der Waals surface area contributed by atoms with Crippen molar-refractivity contribution in [3.63, 3.8) is 0 Å². The lowest BCUT2D eigenvalue weighted by atomic mass is 10.2. The van der Waals surface area contributed by atoms with Crippen LogP contribution in [0.4, 0.5) is 4.39 Å². The molecule has 1 amide bonds. The fraction of sp³-hybridized carbons (Fsp3) is 0.263. The summed E-state index contributed by atoms with van der Waals surface area (Å²) < 4.78 is 15.2. The topological polar surface area (TPSA) is 46.9 Å². The minimum atomic E-state index is -0.251. The molecule has 0 aliphatic carbocycles. The van der Waals surface area contributed by atoms with Gasteiger partial charge in [-0.2, -0.15) is 0 Å². The van der Waals surface area contributed by atoms with Gasteiger partial charge in [0, 0.05) is 12.5 Å². The second-order valence-corrected chi connectivity index (χ2v) is 6.10. The van der Waals surface area contributed by atoms with E-state index in [0.717, 1.165) is 22.4 Å². The maximum atomic E-state index is 13.1. The molecule has 3 aromatic rings. The van der Waals surface area contributed by atoms with E-state index in [1.165, 1.54) is 12.1 Å². The summed E-state index contributed by atoms with van der Waals surface area (Å²) in [5.74, 6) is 0.462. The number of para-hydroxylation sites is 2. The predicted molar refractivity (Wildman–Crippen MR) is 91.9 cm³/mol. The van der Waals surface area contributed by atoms with Crippen LogP contribution in [0.15, 0.2) is 48.5 Å². The number of carbonyl (C=O) groups is 1. The van der Waals surface area contributed by atoms with Crippen LogP contribution in [0, 0.1) is 11.7 Å². The number of nitrogens with zero attached hydrogens (tertiary/aromatic N) is 2. The summed E-state index contributed by atoms with van der Waals surface area (Å²) in [4.78, 5) is 16.5. The Labute approximate surface area is 140 Å². The Morgan fingerprint density at radius 2 is 1.88 bits per heavy atom. The number of amides is 1. The van der Waals surface area contributed by atoms with Crippen molar-refractivity contribution in [3.8, 4) is 0 Å². The highest BCUT2D eigenvalue weighted by molar-refractivity contribution is 5.78. The Balaban J connectivity index is 1.92. The molecule has 0 unspecified atom stereocenters. The molecule has 0 aliphatic heterocycles. The monoisotopic (exact) mass is 325 g/mol. The first-order chi connectivity index (χ1) is 11.5. The molecule has 0 saturated heterocycles. The zero-order valence-electron chi connectivity index (χ0n) is 13.8. The van der Waals surface area contributed by atoms with E-state index >= 15 is 0 Å². The molecule has 1 N–H and O–H groups in total. The summed E-state index contributed by atoms with van der Waals surface area (Å²) in [6, 6.07) is 14.3. The third kappa shape index (κ3) is 3.45. The lowest BCUT2D eigenvalue weighted by Crippen LogP contribution is -2.28. The van der Waals surface area contributed by atoms with Gasteiger partial charge in [0.1, 0.15) is 11.6 Å². The van der Waals surface area contributed by atoms with Crippen LogP contribution in [0.5, 0.6) is 0 Å². The van der Waals surface area contributed by atoms with E-state index in [-0.39, 0.29) is 17.6 Å². The molecule has 1 aromatic heterocycles. The van der Waals surface area contributed by atoms with Crippen molar-refractivity contribution in [1.29, 1.82) is 0 Å². The number of halogens is 1. The fourth-order valence-electron chi connectivity index (χ4n) is 2.58. The molecule has 0 spiro atoms. The van der Waals surface area contributed by atoms with Gasteiger partial charge in [-0.1, -0.05) is 38.1 Å². The largest absolute Gasteiger partial charge is 0.349 e. The summed E-state index contributed by atoms with van der Waals surface area (Å²) in [6.07, 6.45) is 0. The number of aromatic nitrogens is 2. The second kappa shape index (κ2) is 6.83. The summed E-state index contributed by atoms with van der Waals surface area (Å²) >= 11 is 0. The predicted octanol–water partition coefficient (Wildman–Crippen LogP) is 3.50. The summed E-state index contributed by atoms with van der Waals surface area (Å²) in [5, 5.41) is 2.91. The minimum absolute atomic E-state index is 0.00427. The van der Waals surface area contributed by atoms with E-state index in [1.807, 2.05) is 38.1 Å². The Morgan fingerprint density at radius 1 is 1.17 bits per heavy atom. The first kappa shape index (κ1) is 16.2. The number of rotatable bonds is 5. The minimum Gasteiger partial charge on any atom is -0.349 e. The molecule has 3 rings (SSSR count). The van der Waals surface area contributed by atoms with Gasteiger partial charge in [-0.05, 0) is 29.8 Å². The van der Waals surface area contributed by atoms with Gasteiger partial charge < -0.3 is 9.88 Å². The highest BCUT2D eigenvalue weighted by atomic mass is 19.1. The highest BCUT2D eigenvalue weighted by Gasteiger charge is 2.13. The van der Waals surface area contributed by atoms with Crippen molar-refractivity contribution in [1.82, 2.24) is 14.9 Å². The zero-order chi connectivity index (χ0) is 17.1. The van der Waals surface area contributed by atoms with Gasteiger partial charge in [-0.3, -0.25) is 4.79 Å². The maximum absolute atomic E-state index is 13.1. The quantitative estimate of drug-likeness (QED) is 0.780. The van der Waals surface area contributed by atoms with Gasteiger partial charge in [0.05, 0.1) is 17.6 Å². The number of imidazole rings is 1. The molecule has 124 valence electrons. The van der Waals surface area contributed by atoms with Crippen LogP contribution in [0.1, 0.15) is 25.2 Å². The van der Waals surface area contributed by atoms with Crippen LogP contribution >= 0.6 is 0 Å². The van der Waals surface area contributed by atoms with Crippen LogP contribution in [-0.2, 0) is 17.9 Å². The summed E-state index contributed by atoms with van der Waals surface area (Å²) in [7, 11) is 0. The Hall–Kier alpha value is -2.69. The van der Waals surface area contributed by atoms with Crippen LogP contribution in [-0.4, -0.2) is 15.5 Å².